The number of hydrogen-bond acceptors (Lipinski definition) is 2. The van der Waals surface area contributed by atoms with Crippen LogP contribution < -0.4 is 0 Å². The maximum absolute atomic E-state index is 12.4. The molecule has 0 bridgehead atoms. The monoisotopic (exact) mass is 282 g/mol. The van der Waals surface area contributed by atoms with Gasteiger partial charge in [-0.1, -0.05) is 23.7 Å². The first-order chi connectivity index (χ1) is 8.91. The molecule has 0 saturated carbocycles. The van der Waals surface area contributed by atoms with E-state index in [-0.39, 0.29) is 10.7 Å². The maximum Gasteiger partial charge on any atom is 0.416 e. The standard InChI is InChI=1S/C13H6ClF3N2/c14-12-9(7-18)3-6-11(19-12)8-1-4-10(5-2-8)13(15,16)17/h1-6H. The Morgan fingerprint density at radius 2 is 1.68 bits per heavy atom. The minimum atomic E-state index is -4.37. The van der Waals surface area contributed by atoms with Crippen molar-refractivity contribution in [1.82, 2.24) is 4.98 Å². The second-order valence-electron chi connectivity index (χ2n) is 3.72. The van der Waals surface area contributed by atoms with Crippen LogP contribution in [0.4, 0.5) is 13.2 Å². The van der Waals surface area contributed by atoms with Gasteiger partial charge in [0.1, 0.15) is 11.2 Å². The molecule has 2 rings (SSSR count). The zero-order chi connectivity index (χ0) is 14.0. The molecule has 0 aliphatic carbocycles. The van der Waals surface area contributed by atoms with E-state index < -0.39 is 11.7 Å². The van der Waals surface area contributed by atoms with Crippen molar-refractivity contribution in [2.45, 2.75) is 6.18 Å². The highest BCUT2D eigenvalue weighted by molar-refractivity contribution is 6.30. The third-order valence-electron chi connectivity index (χ3n) is 2.48. The Labute approximate surface area is 112 Å². The summed E-state index contributed by atoms with van der Waals surface area (Å²) in [5, 5.41) is 8.73. The van der Waals surface area contributed by atoms with Gasteiger partial charge in [-0.3, -0.25) is 0 Å². The number of rotatable bonds is 1. The molecule has 0 unspecified atom stereocenters. The highest BCUT2D eigenvalue weighted by Crippen LogP contribution is 2.31. The van der Waals surface area contributed by atoms with Crippen molar-refractivity contribution < 1.29 is 13.2 Å². The minimum Gasteiger partial charge on any atom is -0.235 e. The predicted molar refractivity (Wildman–Crippen MR) is 64.4 cm³/mol. The van der Waals surface area contributed by atoms with E-state index in [0.29, 0.717) is 11.3 Å². The highest BCUT2D eigenvalue weighted by atomic mass is 35.5. The van der Waals surface area contributed by atoms with Crippen LogP contribution in [0.15, 0.2) is 36.4 Å². The molecule has 6 heteroatoms. The summed E-state index contributed by atoms with van der Waals surface area (Å²) >= 11 is 5.77. The van der Waals surface area contributed by atoms with Crippen molar-refractivity contribution in [3.05, 3.63) is 52.7 Å². The molecular formula is C13H6ClF3N2. The molecule has 0 aliphatic rings. The Morgan fingerprint density at radius 1 is 1.05 bits per heavy atom. The van der Waals surface area contributed by atoms with E-state index in [1.165, 1.54) is 24.3 Å². The molecule has 1 heterocycles. The summed E-state index contributed by atoms with van der Waals surface area (Å²) in [4.78, 5) is 3.97. The van der Waals surface area contributed by atoms with Crippen molar-refractivity contribution in [2.75, 3.05) is 0 Å². The van der Waals surface area contributed by atoms with Crippen molar-refractivity contribution in [3.63, 3.8) is 0 Å². The molecule has 0 aliphatic heterocycles. The summed E-state index contributed by atoms with van der Waals surface area (Å²) in [5.74, 6) is 0. The average Bonchev–Trinajstić information content (AvgIpc) is 2.38. The van der Waals surface area contributed by atoms with Crippen LogP contribution in [0.25, 0.3) is 11.3 Å². The number of nitriles is 1. The minimum absolute atomic E-state index is 0.0277. The van der Waals surface area contributed by atoms with Crippen molar-refractivity contribution in [3.8, 4) is 17.3 Å². The molecule has 0 spiro atoms. The molecule has 96 valence electrons. The predicted octanol–water partition coefficient (Wildman–Crippen LogP) is 4.29. The number of alkyl halides is 3. The van der Waals surface area contributed by atoms with E-state index in [1.807, 2.05) is 6.07 Å². The molecule has 2 nitrogen and oxygen atoms in total. The third-order valence-corrected chi connectivity index (χ3v) is 2.77. The molecular weight excluding hydrogens is 277 g/mol. The normalized spacial score (nSPS) is 11.1. The zero-order valence-corrected chi connectivity index (χ0v) is 10.1. The fourth-order valence-electron chi connectivity index (χ4n) is 1.51. The first kappa shape index (κ1) is 13.4. The Bertz CT molecular complexity index is 642. The van der Waals surface area contributed by atoms with Gasteiger partial charge in [-0.05, 0) is 24.3 Å². The lowest BCUT2D eigenvalue weighted by Gasteiger charge is -2.07. The lowest BCUT2D eigenvalue weighted by molar-refractivity contribution is -0.137. The van der Waals surface area contributed by atoms with Crippen LogP contribution in [-0.2, 0) is 6.18 Å². The molecule has 0 fully saturated rings. The van der Waals surface area contributed by atoms with Gasteiger partial charge in [0.25, 0.3) is 0 Å². The Hall–Kier alpha value is -2.06. The number of hydrogen-bond donors (Lipinski definition) is 0. The summed E-state index contributed by atoms with van der Waals surface area (Å²) in [7, 11) is 0. The average molecular weight is 283 g/mol. The quantitative estimate of drug-likeness (QED) is 0.732. The Morgan fingerprint density at radius 3 is 2.16 bits per heavy atom. The molecule has 0 saturated heterocycles. The van der Waals surface area contributed by atoms with Gasteiger partial charge in [0.2, 0.25) is 0 Å². The van der Waals surface area contributed by atoms with Gasteiger partial charge in [0, 0.05) is 5.56 Å². The van der Waals surface area contributed by atoms with Crippen LogP contribution >= 0.6 is 11.6 Å². The largest absolute Gasteiger partial charge is 0.416 e. The van der Waals surface area contributed by atoms with Crippen LogP contribution in [0.5, 0.6) is 0 Å². The van der Waals surface area contributed by atoms with Crippen molar-refractivity contribution in [2.24, 2.45) is 0 Å². The molecule has 0 amide bonds. The van der Waals surface area contributed by atoms with E-state index >= 15 is 0 Å². The van der Waals surface area contributed by atoms with Crippen LogP contribution in [0.1, 0.15) is 11.1 Å². The number of benzene rings is 1. The smallest absolute Gasteiger partial charge is 0.235 e. The van der Waals surface area contributed by atoms with Gasteiger partial charge in [0.05, 0.1) is 16.8 Å². The third kappa shape index (κ3) is 2.85. The second kappa shape index (κ2) is 4.90. The van der Waals surface area contributed by atoms with Gasteiger partial charge < -0.3 is 0 Å². The van der Waals surface area contributed by atoms with E-state index in [4.69, 9.17) is 16.9 Å². The Balaban J connectivity index is 2.38. The summed E-state index contributed by atoms with van der Waals surface area (Å²) < 4.78 is 37.2. The second-order valence-corrected chi connectivity index (χ2v) is 4.08. The fraction of sp³-hybridized carbons (Fsp3) is 0.0769. The molecule has 1 aromatic carbocycles. The fourth-order valence-corrected chi connectivity index (χ4v) is 1.70. The van der Waals surface area contributed by atoms with Crippen molar-refractivity contribution >= 4 is 11.6 Å². The van der Waals surface area contributed by atoms with Crippen LogP contribution in [-0.4, -0.2) is 4.98 Å². The summed E-state index contributed by atoms with van der Waals surface area (Å²) in [6.45, 7) is 0. The van der Waals surface area contributed by atoms with Crippen LogP contribution in [0.2, 0.25) is 5.15 Å². The summed E-state index contributed by atoms with van der Waals surface area (Å²) in [6.07, 6.45) is -4.37. The first-order valence-electron chi connectivity index (χ1n) is 5.16. The van der Waals surface area contributed by atoms with Gasteiger partial charge >= 0.3 is 6.18 Å². The van der Waals surface area contributed by atoms with Gasteiger partial charge in [0.15, 0.2) is 0 Å². The first-order valence-corrected chi connectivity index (χ1v) is 5.54. The number of halogens is 4. The van der Waals surface area contributed by atoms with Crippen LogP contribution in [0.3, 0.4) is 0 Å². The topological polar surface area (TPSA) is 36.7 Å². The molecule has 0 atom stereocenters. The highest BCUT2D eigenvalue weighted by Gasteiger charge is 2.29. The molecule has 0 N–H and O–H groups in total. The number of nitrogens with zero attached hydrogens (tertiary/aromatic N) is 2. The number of pyridine rings is 1. The molecule has 2 aromatic rings. The van der Waals surface area contributed by atoms with Gasteiger partial charge in [-0.25, -0.2) is 4.98 Å². The van der Waals surface area contributed by atoms with Gasteiger partial charge in [-0.15, -0.1) is 0 Å². The van der Waals surface area contributed by atoms with Crippen molar-refractivity contribution in [1.29, 1.82) is 5.26 Å². The van der Waals surface area contributed by atoms with E-state index in [1.54, 1.807) is 0 Å². The van der Waals surface area contributed by atoms with E-state index in [2.05, 4.69) is 4.98 Å². The Kier molecular flexibility index (Phi) is 3.45. The number of aromatic nitrogens is 1. The van der Waals surface area contributed by atoms with E-state index in [0.717, 1.165) is 12.1 Å². The maximum atomic E-state index is 12.4. The summed E-state index contributed by atoms with van der Waals surface area (Å²) in [6, 6.07) is 9.45. The summed E-state index contributed by atoms with van der Waals surface area (Å²) in [5.41, 5.74) is 0.408. The zero-order valence-electron chi connectivity index (χ0n) is 9.37. The lowest BCUT2D eigenvalue weighted by atomic mass is 10.1. The molecule has 0 radical (unpaired) electrons. The lowest BCUT2D eigenvalue weighted by Crippen LogP contribution is -2.04. The SMILES string of the molecule is N#Cc1ccc(-c2ccc(C(F)(F)F)cc2)nc1Cl. The van der Waals surface area contributed by atoms with E-state index in [9.17, 15) is 13.2 Å². The van der Waals surface area contributed by atoms with Crippen LogP contribution in [0, 0.1) is 11.3 Å². The molecule has 1 aromatic heterocycles. The van der Waals surface area contributed by atoms with Gasteiger partial charge in [-0.2, -0.15) is 18.4 Å². The molecule has 19 heavy (non-hydrogen) atoms.